The van der Waals surface area contributed by atoms with Gasteiger partial charge in [0.25, 0.3) is 0 Å². The van der Waals surface area contributed by atoms with Gasteiger partial charge in [0, 0.05) is 18.5 Å². The Morgan fingerprint density at radius 2 is 2.00 bits per heavy atom. The van der Waals surface area contributed by atoms with Crippen molar-refractivity contribution in [2.45, 2.75) is 39.3 Å². The standard InChI is InChI=1S/C16H21NO/c1-12-6-4-7-15(10-12)14(3)17-13(2)11-16-8-5-9-18-16/h4-10,13-14,17H,11H2,1-3H3/t13?,14-/m1/s1. The third-order valence-corrected chi connectivity index (χ3v) is 3.16. The van der Waals surface area contributed by atoms with Crippen LogP contribution in [0, 0.1) is 6.92 Å². The van der Waals surface area contributed by atoms with Crippen LogP contribution in [0.15, 0.2) is 47.1 Å². The molecule has 0 radical (unpaired) electrons. The second-order valence-corrected chi connectivity index (χ2v) is 4.99. The zero-order chi connectivity index (χ0) is 13.0. The summed E-state index contributed by atoms with van der Waals surface area (Å²) in [7, 11) is 0. The van der Waals surface area contributed by atoms with E-state index in [1.165, 1.54) is 11.1 Å². The summed E-state index contributed by atoms with van der Waals surface area (Å²) in [6.45, 7) is 6.52. The fourth-order valence-corrected chi connectivity index (χ4v) is 2.25. The van der Waals surface area contributed by atoms with E-state index in [1.807, 2.05) is 12.1 Å². The van der Waals surface area contributed by atoms with Gasteiger partial charge < -0.3 is 9.73 Å². The molecule has 0 aliphatic carbocycles. The third-order valence-electron chi connectivity index (χ3n) is 3.16. The van der Waals surface area contributed by atoms with Crippen molar-refractivity contribution >= 4 is 0 Å². The van der Waals surface area contributed by atoms with Gasteiger partial charge in [-0.3, -0.25) is 0 Å². The van der Waals surface area contributed by atoms with E-state index < -0.39 is 0 Å². The molecule has 18 heavy (non-hydrogen) atoms. The molecule has 2 aromatic rings. The molecule has 1 heterocycles. The predicted octanol–water partition coefficient (Wildman–Crippen LogP) is 3.87. The lowest BCUT2D eigenvalue weighted by atomic mass is 10.0. The number of aryl methyl sites for hydroxylation is 1. The van der Waals surface area contributed by atoms with Crippen LogP contribution in [0.1, 0.15) is 36.8 Å². The van der Waals surface area contributed by atoms with Gasteiger partial charge in [0.1, 0.15) is 5.76 Å². The maximum Gasteiger partial charge on any atom is 0.105 e. The smallest absolute Gasteiger partial charge is 0.105 e. The van der Waals surface area contributed by atoms with Crippen molar-refractivity contribution in [3.63, 3.8) is 0 Å². The SMILES string of the molecule is Cc1cccc([C@@H](C)NC(C)Cc2ccco2)c1. The predicted molar refractivity (Wildman–Crippen MR) is 74.6 cm³/mol. The summed E-state index contributed by atoms with van der Waals surface area (Å²) < 4.78 is 5.37. The Hall–Kier alpha value is -1.54. The Morgan fingerprint density at radius 1 is 1.17 bits per heavy atom. The lowest BCUT2D eigenvalue weighted by Crippen LogP contribution is -2.30. The van der Waals surface area contributed by atoms with Crippen molar-refractivity contribution in [3.05, 3.63) is 59.5 Å². The molecule has 2 atom stereocenters. The Bertz CT molecular complexity index is 476. The summed E-state index contributed by atoms with van der Waals surface area (Å²) in [6, 6.07) is 13.4. The molecule has 0 amide bonds. The minimum absolute atomic E-state index is 0.356. The summed E-state index contributed by atoms with van der Waals surface area (Å²) >= 11 is 0. The van der Waals surface area contributed by atoms with Crippen LogP contribution in [0.2, 0.25) is 0 Å². The number of nitrogens with one attached hydrogen (secondary N) is 1. The van der Waals surface area contributed by atoms with Crippen LogP contribution >= 0.6 is 0 Å². The van der Waals surface area contributed by atoms with Crippen molar-refractivity contribution in [1.82, 2.24) is 5.32 Å². The molecule has 96 valence electrons. The number of furan rings is 1. The van der Waals surface area contributed by atoms with Gasteiger partial charge in [-0.2, -0.15) is 0 Å². The van der Waals surface area contributed by atoms with Crippen molar-refractivity contribution in [1.29, 1.82) is 0 Å². The van der Waals surface area contributed by atoms with E-state index in [0.717, 1.165) is 12.2 Å². The average Bonchev–Trinajstić information content (AvgIpc) is 2.81. The lowest BCUT2D eigenvalue weighted by molar-refractivity contribution is 0.429. The molecule has 1 aromatic heterocycles. The first-order valence-corrected chi connectivity index (χ1v) is 6.50. The monoisotopic (exact) mass is 243 g/mol. The van der Waals surface area contributed by atoms with E-state index in [4.69, 9.17) is 4.42 Å². The molecule has 0 saturated heterocycles. The van der Waals surface area contributed by atoms with Gasteiger partial charge in [-0.1, -0.05) is 29.8 Å². The molecule has 1 N–H and O–H groups in total. The highest BCUT2D eigenvalue weighted by atomic mass is 16.3. The molecular formula is C16H21NO. The molecule has 0 spiro atoms. The first-order chi connectivity index (χ1) is 8.65. The van der Waals surface area contributed by atoms with Crippen molar-refractivity contribution < 1.29 is 4.42 Å². The second kappa shape index (κ2) is 5.87. The molecular weight excluding hydrogens is 222 g/mol. The molecule has 1 aromatic carbocycles. The maximum absolute atomic E-state index is 5.37. The van der Waals surface area contributed by atoms with Crippen LogP contribution in [0.25, 0.3) is 0 Å². The largest absolute Gasteiger partial charge is 0.469 e. The van der Waals surface area contributed by atoms with E-state index in [9.17, 15) is 0 Å². The molecule has 0 saturated carbocycles. The number of hydrogen-bond donors (Lipinski definition) is 1. The summed E-state index contributed by atoms with van der Waals surface area (Å²) in [5, 5.41) is 3.60. The first-order valence-electron chi connectivity index (χ1n) is 6.50. The second-order valence-electron chi connectivity index (χ2n) is 4.99. The van der Waals surface area contributed by atoms with E-state index in [2.05, 4.69) is 50.4 Å². The Balaban J connectivity index is 1.92. The fourth-order valence-electron chi connectivity index (χ4n) is 2.25. The molecule has 2 rings (SSSR count). The highest BCUT2D eigenvalue weighted by molar-refractivity contribution is 5.24. The van der Waals surface area contributed by atoms with E-state index >= 15 is 0 Å². The summed E-state index contributed by atoms with van der Waals surface area (Å²) in [6.07, 6.45) is 2.65. The summed E-state index contributed by atoms with van der Waals surface area (Å²) in [4.78, 5) is 0. The molecule has 0 aliphatic rings. The van der Waals surface area contributed by atoms with Crippen molar-refractivity contribution in [3.8, 4) is 0 Å². The van der Waals surface area contributed by atoms with Crippen LogP contribution in [0.5, 0.6) is 0 Å². The van der Waals surface area contributed by atoms with Crippen LogP contribution < -0.4 is 5.32 Å². The van der Waals surface area contributed by atoms with Gasteiger partial charge in [0.05, 0.1) is 6.26 Å². The maximum atomic E-state index is 5.37. The number of hydrogen-bond acceptors (Lipinski definition) is 2. The molecule has 1 unspecified atom stereocenters. The van der Waals surface area contributed by atoms with Crippen LogP contribution in [0.3, 0.4) is 0 Å². The van der Waals surface area contributed by atoms with E-state index in [-0.39, 0.29) is 0 Å². The highest BCUT2D eigenvalue weighted by Gasteiger charge is 2.11. The molecule has 0 aliphatic heterocycles. The molecule has 2 heteroatoms. The topological polar surface area (TPSA) is 25.2 Å². The fraction of sp³-hybridized carbons (Fsp3) is 0.375. The first kappa shape index (κ1) is 12.9. The molecule has 0 bridgehead atoms. The third kappa shape index (κ3) is 3.47. The van der Waals surface area contributed by atoms with E-state index in [0.29, 0.717) is 12.1 Å². The Labute approximate surface area is 109 Å². The van der Waals surface area contributed by atoms with Gasteiger partial charge in [0.2, 0.25) is 0 Å². The lowest BCUT2D eigenvalue weighted by Gasteiger charge is -2.20. The molecule has 0 fully saturated rings. The van der Waals surface area contributed by atoms with E-state index in [1.54, 1.807) is 6.26 Å². The van der Waals surface area contributed by atoms with Crippen molar-refractivity contribution in [2.75, 3.05) is 0 Å². The number of benzene rings is 1. The summed E-state index contributed by atoms with van der Waals surface area (Å²) in [5.74, 6) is 1.03. The zero-order valence-corrected chi connectivity index (χ0v) is 11.3. The Kier molecular flexibility index (Phi) is 4.21. The van der Waals surface area contributed by atoms with Crippen LogP contribution in [-0.2, 0) is 6.42 Å². The minimum Gasteiger partial charge on any atom is -0.469 e. The average molecular weight is 243 g/mol. The van der Waals surface area contributed by atoms with Crippen molar-refractivity contribution in [2.24, 2.45) is 0 Å². The van der Waals surface area contributed by atoms with Crippen LogP contribution in [0.4, 0.5) is 0 Å². The zero-order valence-electron chi connectivity index (χ0n) is 11.3. The van der Waals surface area contributed by atoms with Gasteiger partial charge in [-0.05, 0) is 38.5 Å². The van der Waals surface area contributed by atoms with Gasteiger partial charge >= 0.3 is 0 Å². The van der Waals surface area contributed by atoms with Gasteiger partial charge in [0.15, 0.2) is 0 Å². The Morgan fingerprint density at radius 3 is 2.67 bits per heavy atom. The van der Waals surface area contributed by atoms with Crippen LogP contribution in [-0.4, -0.2) is 6.04 Å². The summed E-state index contributed by atoms with van der Waals surface area (Å²) in [5.41, 5.74) is 2.64. The quantitative estimate of drug-likeness (QED) is 0.862. The minimum atomic E-state index is 0.356. The normalized spacial score (nSPS) is 14.4. The molecule has 2 nitrogen and oxygen atoms in total. The van der Waals surface area contributed by atoms with Gasteiger partial charge in [-0.15, -0.1) is 0 Å². The number of rotatable bonds is 5. The van der Waals surface area contributed by atoms with Gasteiger partial charge in [-0.25, -0.2) is 0 Å². The highest BCUT2D eigenvalue weighted by Crippen LogP contribution is 2.15.